The second-order valence-corrected chi connectivity index (χ2v) is 7.03. The summed E-state index contributed by atoms with van der Waals surface area (Å²) in [6, 6.07) is 11.3. The first-order valence-corrected chi connectivity index (χ1v) is 8.63. The zero-order chi connectivity index (χ0) is 17.0. The molecule has 2 rings (SSSR count). The van der Waals surface area contributed by atoms with Crippen LogP contribution in [0.15, 0.2) is 47.4 Å². The van der Waals surface area contributed by atoms with Crippen molar-refractivity contribution in [1.82, 2.24) is 4.72 Å². The molecular formula is C16H16ClNO4S. The van der Waals surface area contributed by atoms with E-state index >= 15 is 0 Å². The van der Waals surface area contributed by atoms with Crippen LogP contribution in [0, 0.1) is 6.92 Å². The maximum Gasteiger partial charge on any atom is 0.337 e. The van der Waals surface area contributed by atoms with Crippen LogP contribution in [0.4, 0.5) is 0 Å². The number of benzene rings is 2. The summed E-state index contributed by atoms with van der Waals surface area (Å²) in [5, 5.41) is 0.493. The molecular weight excluding hydrogens is 338 g/mol. The Hall–Kier alpha value is -1.89. The van der Waals surface area contributed by atoms with Gasteiger partial charge in [0.1, 0.15) is 0 Å². The van der Waals surface area contributed by atoms with Gasteiger partial charge in [-0.05, 0) is 42.3 Å². The number of carbonyl (C=O) groups is 1. The molecule has 0 bridgehead atoms. The third-order valence-corrected chi connectivity index (χ3v) is 5.23. The second-order valence-electron chi connectivity index (χ2n) is 4.89. The van der Waals surface area contributed by atoms with Crippen LogP contribution in [0.1, 0.15) is 21.5 Å². The van der Waals surface area contributed by atoms with E-state index in [0.29, 0.717) is 21.7 Å². The van der Waals surface area contributed by atoms with Gasteiger partial charge in [0, 0.05) is 11.6 Å². The third kappa shape index (κ3) is 4.10. The lowest BCUT2D eigenvalue weighted by Crippen LogP contribution is -2.24. The molecule has 0 saturated carbocycles. The van der Waals surface area contributed by atoms with Gasteiger partial charge in [0.2, 0.25) is 10.0 Å². The second kappa shape index (κ2) is 7.12. The first kappa shape index (κ1) is 17.5. The number of nitrogens with one attached hydrogen (secondary N) is 1. The number of sulfonamides is 1. The van der Waals surface area contributed by atoms with Gasteiger partial charge in [0.25, 0.3) is 0 Å². The fourth-order valence-corrected chi connectivity index (χ4v) is 3.52. The highest BCUT2D eigenvalue weighted by Crippen LogP contribution is 2.19. The van der Waals surface area contributed by atoms with E-state index < -0.39 is 16.0 Å². The van der Waals surface area contributed by atoms with Crippen LogP contribution in [0.5, 0.6) is 0 Å². The van der Waals surface area contributed by atoms with Crippen LogP contribution in [0.3, 0.4) is 0 Å². The SMILES string of the molecule is COC(=O)c1ccc(S(=O)(=O)NCc2ccccc2Cl)c(C)c1. The van der Waals surface area contributed by atoms with Gasteiger partial charge in [-0.1, -0.05) is 29.8 Å². The van der Waals surface area contributed by atoms with Crippen molar-refractivity contribution in [1.29, 1.82) is 0 Å². The van der Waals surface area contributed by atoms with Gasteiger partial charge in [-0.3, -0.25) is 0 Å². The van der Waals surface area contributed by atoms with Gasteiger partial charge in [-0.2, -0.15) is 0 Å². The molecule has 23 heavy (non-hydrogen) atoms. The number of hydrogen-bond acceptors (Lipinski definition) is 4. The monoisotopic (exact) mass is 353 g/mol. The zero-order valence-electron chi connectivity index (χ0n) is 12.7. The number of aryl methyl sites for hydroxylation is 1. The standard InChI is InChI=1S/C16H16ClNO4S/c1-11-9-12(16(19)22-2)7-8-15(11)23(20,21)18-10-13-5-3-4-6-14(13)17/h3-9,18H,10H2,1-2H3. The molecule has 0 unspecified atom stereocenters. The summed E-state index contributed by atoms with van der Waals surface area (Å²) >= 11 is 6.02. The molecule has 1 N–H and O–H groups in total. The molecule has 0 radical (unpaired) electrons. The maximum absolute atomic E-state index is 12.4. The quantitative estimate of drug-likeness (QED) is 0.839. The minimum Gasteiger partial charge on any atom is -0.465 e. The Morgan fingerprint density at radius 1 is 1.22 bits per heavy atom. The number of rotatable bonds is 5. The molecule has 0 heterocycles. The topological polar surface area (TPSA) is 72.5 Å². The Morgan fingerprint density at radius 3 is 2.52 bits per heavy atom. The molecule has 0 aliphatic heterocycles. The number of hydrogen-bond donors (Lipinski definition) is 1. The summed E-state index contributed by atoms with van der Waals surface area (Å²) in [4.78, 5) is 11.6. The van der Waals surface area contributed by atoms with E-state index in [1.54, 1.807) is 31.2 Å². The van der Waals surface area contributed by atoms with Crippen LogP contribution in [-0.4, -0.2) is 21.5 Å². The van der Waals surface area contributed by atoms with Gasteiger partial charge >= 0.3 is 5.97 Å². The number of halogens is 1. The van der Waals surface area contributed by atoms with Crippen molar-refractivity contribution in [3.63, 3.8) is 0 Å². The normalized spacial score (nSPS) is 11.3. The lowest BCUT2D eigenvalue weighted by molar-refractivity contribution is 0.0600. The van der Waals surface area contributed by atoms with E-state index in [0.717, 1.165) is 0 Å². The Morgan fingerprint density at radius 2 is 1.91 bits per heavy atom. The molecule has 0 aliphatic rings. The molecule has 0 aliphatic carbocycles. The first-order chi connectivity index (χ1) is 10.8. The van der Waals surface area contributed by atoms with Crippen LogP contribution in [0.25, 0.3) is 0 Å². The lowest BCUT2D eigenvalue weighted by Gasteiger charge is -2.11. The highest BCUT2D eigenvalue weighted by molar-refractivity contribution is 7.89. The molecule has 7 heteroatoms. The number of esters is 1. The van der Waals surface area contributed by atoms with Crippen molar-refractivity contribution in [2.45, 2.75) is 18.4 Å². The Labute approximate surface area is 140 Å². The molecule has 0 amide bonds. The van der Waals surface area contributed by atoms with Crippen LogP contribution >= 0.6 is 11.6 Å². The zero-order valence-corrected chi connectivity index (χ0v) is 14.2. The van der Waals surface area contributed by atoms with Crippen molar-refractivity contribution < 1.29 is 17.9 Å². The minimum atomic E-state index is -3.72. The number of methoxy groups -OCH3 is 1. The maximum atomic E-state index is 12.4. The summed E-state index contributed by atoms with van der Waals surface area (Å²) in [5.74, 6) is -0.513. The van der Waals surface area contributed by atoms with E-state index in [2.05, 4.69) is 9.46 Å². The van der Waals surface area contributed by atoms with E-state index in [4.69, 9.17) is 11.6 Å². The first-order valence-electron chi connectivity index (χ1n) is 6.77. The Balaban J connectivity index is 2.23. The summed E-state index contributed by atoms with van der Waals surface area (Å²) in [5.41, 5.74) is 1.44. The van der Waals surface area contributed by atoms with E-state index in [1.807, 2.05) is 0 Å². The summed E-state index contributed by atoms with van der Waals surface area (Å²) in [7, 11) is -2.44. The smallest absolute Gasteiger partial charge is 0.337 e. The van der Waals surface area contributed by atoms with E-state index in [9.17, 15) is 13.2 Å². The van der Waals surface area contributed by atoms with Gasteiger partial charge in [0.05, 0.1) is 17.6 Å². The third-order valence-electron chi connectivity index (χ3n) is 3.30. The molecule has 2 aromatic rings. The highest BCUT2D eigenvalue weighted by Gasteiger charge is 2.18. The van der Waals surface area contributed by atoms with E-state index in [1.165, 1.54) is 25.3 Å². The lowest BCUT2D eigenvalue weighted by atomic mass is 10.1. The average molecular weight is 354 g/mol. The summed E-state index contributed by atoms with van der Waals surface area (Å²) in [6.07, 6.45) is 0. The molecule has 0 atom stereocenters. The molecule has 0 fully saturated rings. The summed E-state index contributed by atoms with van der Waals surface area (Å²) < 4.78 is 32.0. The molecule has 5 nitrogen and oxygen atoms in total. The van der Waals surface area contributed by atoms with Gasteiger partial charge in [-0.15, -0.1) is 0 Å². The van der Waals surface area contributed by atoms with Gasteiger partial charge in [-0.25, -0.2) is 17.9 Å². The van der Waals surface area contributed by atoms with Crippen LogP contribution in [0.2, 0.25) is 5.02 Å². The minimum absolute atomic E-state index is 0.0835. The fraction of sp³-hybridized carbons (Fsp3) is 0.188. The highest BCUT2D eigenvalue weighted by atomic mass is 35.5. The predicted molar refractivity (Wildman–Crippen MR) is 88.0 cm³/mol. The molecule has 0 spiro atoms. The van der Waals surface area contributed by atoms with Crippen molar-refractivity contribution >= 4 is 27.6 Å². The molecule has 122 valence electrons. The molecule has 0 saturated heterocycles. The fourth-order valence-electron chi connectivity index (χ4n) is 2.09. The van der Waals surface area contributed by atoms with Gasteiger partial charge < -0.3 is 4.74 Å². The van der Waals surface area contributed by atoms with Crippen LogP contribution in [-0.2, 0) is 21.3 Å². The largest absolute Gasteiger partial charge is 0.465 e. The molecule has 0 aromatic heterocycles. The van der Waals surface area contributed by atoms with Crippen molar-refractivity contribution in [3.05, 3.63) is 64.2 Å². The van der Waals surface area contributed by atoms with Crippen molar-refractivity contribution in [2.24, 2.45) is 0 Å². The van der Waals surface area contributed by atoms with Crippen molar-refractivity contribution in [2.75, 3.05) is 7.11 Å². The van der Waals surface area contributed by atoms with E-state index in [-0.39, 0.29) is 11.4 Å². The molecule has 2 aromatic carbocycles. The summed E-state index contributed by atoms with van der Waals surface area (Å²) in [6.45, 7) is 1.71. The van der Waals surface area contributed by atoms with Gasteiger partial charge in [0.15, 0.2) is 0 Å². The van der Waals surface area contributed by atoms with Crippen LogP contribution < -0.4 is 4.72 Å². The number of carbonyl (C=O) groups excluding carboxylic acids is 1. The Kier molecular flexibility index (Phi) is 5.41. The number of ether oxygens (including phenoxy) is 1. The predicted octanol–water partition coefficient (Wildman–Crippen LogP) is 2.91. The Bertz CT molecular complexity index is 834. The average Bonchev–Trinajstić information content (AvgIpc) is 2.53. The van der Waals surface area contributed by atoms with Crippen molar-refractivity contribution in [3.8, 4) is 0 Å².